The van der Waals surface area contributed by atoms with E-state index in [1.807, 2.05) is 0 Å². The van der Waals surface area contributed by atoms with Crippen molar-refractivity contribution in [2.45, 2.75) is 34.2 Å². The molecule has 1 unspecified atom stereocenters. The molecule has 0 spiro atoms. The molecule has 0 saturated carbocycles. The number of nitrogens with zero attached hydrogens (tertiary/aromatic N) is 3. The Morgan fingerprint density at radius 1 is 1.04 bits per heavy atom. The van der Waals surface area contributed by atoms with Crippen molar-refractivity contribution in [2.24, 2.45) is 10.9 Å². The highest BCUT2D eigenvalue weighted by atomic mass is 127. The molecular formula is C21H38IN5. The van der Waals surface area contributed by atoms with Gasteiger partial charge in [0.05, 0.1) is 6.54 Å². The number of nitrogens with one attached hydrogen (secondary N) is 2. The largest absolute Gasteiger partial charge is 0.357 e. The van der Waals surface area contributed by atoms with E-state index in [4.69, 9.17) is 4.99 Å². The van der Waals surface area contributed by atoms with Gasteiger partial charge in [-0.25, -0.2) is 4.99 Å². The molecule has 1 aliphatic heterocycles. The molecule has 0 bridgehead atoms. The second kappa shape index (κ2) is 13.3. The minimum absolute atomic E-state index is 0. The summed E-state index contributed by atoms with van der Waals surface area (Å²) in [4.78, 5) is 9.85. The van der Waals surface area contributed by atoms with Gasteiger partial charge in [0.15, 0.2) is 5.96 Å². The lowest BCUT2D eigenvalue weighted by Crippen LogP contribution is -2.48. The van der Waals surface area contributed by atoms with Gasteiger partial charge in [-0.2, -0.15) is 0 Å². The number of hydrogen-bond donors (Lipinski definition) is 2. The molecule has 2 rings (SSSR count). The summed E-state index contributed by atoms with van der Waals surface area (Å²) < 4.78 is 0. The highest BCUT2D eigenvalue weighted by Crippen LogP contribution is 2.06. The van der Waals surface area contributed by atoms with E-state index in [0.29, 0.717) is 12.5 Å². The van der Waals surface area contributed by atoms with Gasteiger partial charge in [0, 0.05) is 45.8 Å². The fourth-order valence-electron chi connectivity index (χ4n) is 3.27. The highest BCUT2D eigenvalue weighted by Gasteiger charge is 2.17. The van der Waals surface area contributed by atoms with Gasteiger partial charge >= 0.3 is 0 Å². The number of likely N-dealkylation sites (N-methyl/N-ethyl adjacent to an activating group) is 1. The Bertz CT molecular complexity index is 538. The molecule has 5 nitrogen and oxygen atoms in total. The predicted molar refractivity (Wildman–Crippen MR) is 127 cm³/mol. The maximum absolute atomic E-state index is 4.73. The van der Waals surface area contributed by atoms with Crippen LogP contribution in [0.2, 0.25) is 0 Å². The number of guanidine groups is 1. The van der Waals surface area contributed by atoms with Crippen molar-refractivity contribution in [2.75, 3.05) is 52.4 Å². The maximum Gasteiger partial charge on any atom is 0.191 e. The van der Waals surface area contributed by atoms with Crippen LogP contribution in [0.1, 0.15) is 31.9 Å². The Hall–Kier alpha value is -0.860. The highest BCUT2D eigenvalue weighted by molar-refractivity contribution is 14.0. The molecular weight excluding hydrogens is 449 g/mol. The van der Waals surface area contributed by atoms with E-state index in [0.717, 1.165) is 25.6 Å². The van der Waals surface area contributed by atoms with Crippen LogP contribution in [0.3, 0.4) is 0 Å². The second-order valence-corrected chi connectivity index (χ2v) is 7.40. The molecule has 0 amide bonds. The first kappa shape index (κ1) is 24.2. The third kappa shape index (κ3) is 9.25. The minimum atomic E-state index is 0. The van der Waals surface area contributed by atoms with Crippen LogP contribution in [-0.4, -0.2) is 68.1 Å². The number of piperazine rings is 1. The molecule has 1 atom stereocenters. The molecule has 0 aromatic heterocycles. The minimum Gasteiger partial charge on any atom is -0.357 e. The molecule has 1 heterocycles. The molecule has 0 radical (unpaired) electrons. The SMILES string of the molecule is CCNC(=NCc1ccc(C)cc1)NCC(C)CN1CCN(CC)CC1.I. The standard InChI is InChI=1S/C21H37N5.HI/c1-5-22-21(24-16-20-9-7-18(3)8-10-20)23-15-19(4)17-26-13-11-25(6-2)12-14-26;/h7-10,19H,5-6,11-17H2,1-4H3,(H2,22,23,24);1H. The van der Waals surface area contributed by atoms with Gasteiger partial charge in [-0.3, -0.25) is 0 Å². The molecule has 2 N–H and O–H groups in total. The zero-order valence-corrected chi connectivity index (χ0v) is 19.8. The van der Waals surface area contributed by atoms with Crippen LogP contribution in [0.5, 0.6) is 0 Å². The average Bonchev–Trinajstić information content (AvgIpc) is 2.66. The summed E-state index contributed by atoms with van der Waals surface area (Å²) in [7, 11) is 0. The second-order valence-electron chi connectivity index (χ2n) is 7.40. The lowest BCUT2D eigenvalue weighted by Gasteiger charge is -2.35. The number of benzene rings is 1. The first-order valence-corrected chi connectivity index (χ1v) is 10.1. The van der Waals surface area contributed by atoms with Crippen LogP contribution < -0.4 is 10.6 Å². The Morgan fingerprint density at radius 2 is 1.67 bits per heavy atom. The molecule has 1 aromatic carbocycles. The van der Waals surface area contributed by atoms with Crippen LogP contribution in [0.15, 0.2) is 29.3 Å². The first-order chi connectivity index (χ1) is 12.6. The van der Waals surface area contributed by atoms with Gasteiger partial charge in [0.1, 0.15) is 0 Å². The lowest BCUT2D eigenvalue weighted by atomic mass is 10.1. The summed E-state index contributed by atoms with van der Waals surface area (Å²) in [6.07, 6.45) is 0. The molecule has 6 heteroatoms. The van der Waals surface area contributed by atoms with Crippen LogP contribution >= 0.6 is 24.0 Å². The smallest absolute Gasteiger partial charge is 0.191 e. The van der Waals surface area contributed by atoms with Crippen molar-refractivity contribution in [1.82, 2.24) is 20.4 Å². The predicted octanol–water partition coefficient (Wildman–Crippen LogP) is 2.94. The van der Waals surface area contributed by atoms with Crippen molar-refractivity contribution in [3.63, 3.8) is 0 Å². The Kier molecular flexibility index (Phi) is 11.9. The summed E-state index contributed by atoms with van der Waals surface area (Å²) in [5.74, 6) is 1.52. The fraction of sp³-hybridized carbons (Fsp3) is 0.667. The van der Waals surface area contributed by atoms with E-state index in [-0.39, 0.29) is 24.0 Å². The molecule has 0 aliphatic carbocycles. The third-order valence-corrected chi connectivity index (χ3v) is 4.98. The summed E-state index contributed by atoms with van der Waals surface area (Å²) in [5, 5.41) is 6.87. The number of aliphatic imine (C=N–C) groups is 1. The summed E-state index contributed by atoms with van der Waals surface area (Å²) >= 11 is 0. The van der Waals surface area contributed by atoms with E-state index in [1.165, 1.54) is 43.9 Å². The molecule has 1 aliphatic rings. The fourth-order valence-corrected chi connectivity index (χ4v) is 3.27. The van der Waals surface area contributed by atoms with Crippen molar-refractivity contribution in [1.29, 1.82) is 0 Å². The average molecular weight is 487 g/mol. The zero-order valence-electron chi connectivity index (χ0n) is 17.5. The van der Waals surface area contributed by atoms with Crippen molar-refractivity contribution in [3.8, 4) is 0 Å². The summed E-state index contributed by atoms with van der Waals surface area (Å²) in [6, 6.07) is 8.60. The molecule has 1 saturated heterocycles. The summed E-state index contributed by atoms with van der Waals surface area (Å²) in [6.45, 7) is 18.5. The maximum atomic E-state index is 4.73. The quantitative estimate of drug-likeness (QED) is 0.336. The van der Waals surface area contributed by atoms with E-state index < -0.39 is 0 Å². The molecule has 27 heavy (non-hydrogen) atoms. The van der Waals surface area contributed by atoms with Crippen LogP contribution in [0, 0.1) is 12.8 Å². The number of halogens is 1. The van der Waals surface area contributed by atoms with Gasteiger partial charge in [-0.15, -0.1) is 24.0 Å². The van der Waals surface area contributed by atoms with Gasteiger partial charge in [-0.05, 0) is 31.9 Å². The van der Waals surface area contributed by atoms with E-state index in [1.54, 1.807) is 0 Å². The number of aryl methyl sites for hydroxylation is 1. The summed E-state index contributed by atoms with van der Waals surface area (Å²) in [5.41, 5.74) is 2.53. The normalized spacial score (nSPS) is 17.3. The number of hydrogen-bond acceptors (Lipinski definition) is 3. The topological polar surface area (TPSA) is 42.9 Å². The van der Waals surface area contributed by atoms with Gasteiger partial charge in [0.2, 0.25) is 0 Å². The lowest BCUT2D eigenvalue weighted by molar-refractivity contribution is 0.124. The first-order valence-electron chi connectivity index (χ1n) is 10.1. The monoisotopic (exact) mass is 487 g/mol. The van der Waals surface area contributed by atoms with Gasteiger partial charge in [0.25, 0.3) is 0 Å². The Balaban J connectivity index is 0.00000364. The van der Waals surface area contributed by atoms with Crippen molar-refractivity contribution in [3.05, 3.63) is 35.4 Å². The van der Waals surface area contributed by atoms with Crippen molar-refractivity contribution >= 4 is 29.9 Å². The molecule has 1 fully saturated rings. The molecule has 154 valence electrons. The molecule has 1 aromatic rings. The van der Waals surface area contributed by atoms with Gasteiger partial charge < -0.3 is 20.4 Å². The zero-order chi connectivity index (χ0) is 18.8. The van der Waals surface area contributed by atoms with Gasteiger partial charge in [-0.1, -0.05) is 43.7 Å². The van der Waals surface area contributed by atoms with Crippen LogP contribution in [-0.2, 0) is 6.54 Å². The van der Waals surface area contributed by atoms with E-state index in [2.05, 4.69) is 72.4 Å². The van der Waals surface area contributed by atoms with Crippen LogP contribution in [0.25, 0.3) is 0 Å². The third-order valence-electron chi connectivity index (χ3n) is 4.98. The Labute approximate surface area is 183 Å². The number of rotatable bonds is 8. The van der Waals surface area contributed by atoms with Crippen LogP contribution in [0.4, 0.5) is 0 Å². The Morgan fingerprint density at radius 3 is 2.26 bits per heavy atom. The van der Waals surface area contributed by atoms with Crippen molar-refractivity contribution < 1.29 is 0 Å². The van der Waals surface area contributed by atoms with E-state index in [9.17, 15) is 0 Å². The van der Waals surface area contributed by atoms with E-state index >= 15 is 0 Å².